The van der Waals surface area contributed by atoms with Crippen LogP contribution in [0.25, 0.3) is 0 Å². The van der Waals surface area contributed by atoms with E-state index in [1.165, 1.54) is 25.7 Å². The molecule has 0 amide bonds. The minimum atomic E-state index is 0.776. The van der Waals surface area contributed by atoms with Gasteiger partial charge in [-0.2, -0.15) is 0 Å². The van der Waals surface area contributed by atoms with Crippen LogP contribution < -0.4 is 0 Å². The van der Waals surface area contributed by atoms with Gasteiger partial charge in [0.1, 0.15) is 0 Å². The molecule has 3 aliphatic carbocycles. The Bertz CT molecular complexity index is 208. The standard InChI is InChI=1S/C15H26/c1-15(12-6-3-2-4-7-12)13-8-5-9-14(15)11-10-13/h12-14H,2-11H2,1H3/t13-,14-/m1/s1. The largest absolute Gasteiger partial charge is 0.0588 e. The summed E-state index contributed by atoms with van der Waals surface area (Å²) in [5.74, 6) is 3.32. The average Bonchev–Trinajstić information content (AvgIpc) is 2.51. The highest BCUT2D eigenvalue weighted by Gasteiger charge is 2.52. The number of hydrogen-bond acceptors (Lipinski definition) is 0. The third-order valence-electron chi connectivity index (χ3n) is 6.21. The van der Waals surface area contributed by atoms with Crippen molar-refractivity contribution in [1.29, 1.82) is 0 Å². The fraction of sp³-hybridized carbons (Fsp3) is 1.00. The lowest BCUT2D eigenvalue weighted by atomic mass is 9.57. The third-order valence-corrected chi connectivity index (χ3v) is 6.21. The first-order valence-electron chi connectivity index (χ1n) is 7.32. The van der Waals surface area contributed by atoms with E-state index in [1.54, 1.807) is 38.5 Å². The summed E-state index contributed by atoms with van der Waals surface area (Å²) in [7, 11) is 0. The van der Waals surface area contributed by atoms with Gasteiger partial charge >= 0.3 is 0 Å². The summed E-state index contributed by atoms with van der Waals surface area (Å²) in [6.07, 6.45) is 15.5. The van der Waals surface area contributed by atoms with Crippen LogP contribution >= 0.6 is 0 Å². The van der Waals surface area contributed by atoms with E-state index >= 15 is 0 Å². The fourth-order valence-electron chi connectivity index (χ4n) is 5.27. The molecule has 0 aromatic rings. The van der Waals surface area contributed by atoms with Crippen LogP contribution in [0.5, 0.6) is 0 Å². The molecule has 3 aliphatic rings. The van der Waals surface area contributed by atoms with Crippen LogP contribution in [0.1, 0.15) is 71.1 Å². The number of rotatable bonds is 1. The van der Waals surface area contributed by atoms with Gasteiger partial charge in [-0.1, -0.05) is 32.6 Å². The van der Waals surface area contributed by atoms with E-state index in [2.05, 4.69) is 6.92 Å². The molecule has 0 radical (unpaired) electrons. The second kappa shape index (κ2) is 3.79. The minimum Gasteiger partial charge on any atom is -0.0588 e. The van der Waals surface area contributed by atoms with Crippen LogP contribution in [0.4, 0.5) is 0 Å². The first kappa shape index (κ1) is 10.2. The molecule has 0 heterocycles. The Kier molecular flexibility index (Phi) is 2.57. The zero-order valence-electron chi connectivity index (χ0n) is 10.3. The normalized spacial score (nSPS) is 47.0. The van der Waals surface area contributed by atoms with Crippen molar-refractivity contribution >= 4 is 0 Å². The molecule has 0 aromatic carbocycles. The molecule has 0 aliphatic heterocycles. The molecule has 2 bridgehead atoms. The lowest BCUT2D eigenvalue weighted by Crippen LogP contribution is -2.40. The molecule has 2 atom stereocenters. The van der Waals surface area contributed by atoms with E-state index in [1.807, 2.05) is 0 Å². The molecule has 0 unspecified atom stereocenters. The highest BCUT2D eigenvalue weighted by molar-refractivity contribution is 5.01. The summed E-state index contributed by atoms with van der Waals surface area (Å²) in [5.41, 5.74) is 0.776. The topological polar surface area (TPSA) is 0 Å². The summed E-state index contributed by atoms with van der Waals surface area (Å²) in [6.45, 7) is 2.67. The van der Waals surface area contributed by atoms with Gasteiger partial charge < -0.3 is 0 Å². The smallest absolute Gasteiger partial charge is 0.0241 e. The zero-order chi connectivity index (χ0) is 10.3. The van der Waals surface area contributed by atoms with Crippen molar-refractivity contribution in [3.05, 3.63) is 0 Å². The van der Waals surface area contributed by atoms with Gasteiger partial charge in [-0.05, 0) is 61.7 Å². The molecule has 15 heavy (non-hydrogen) atoms. The van der Waals surface area contributed by atoms with Gasteiger partial charge in [-0.15, -0.1) is 0 Å². The second-order valence-corrected chi connectivity index (χ2v) is 6.60. The van der Waals surface area contributed by atoms with E-state index in [9.17, 15) is 0 Å². The van der Waals surface area contributed by atoms with Gasteiger partial charge in [0.15, 0.2) is 0 Å². The predicted octanol–water partition coefficient (Wildman–Crippen LogP) is 4.78. The van der Waals surface area contributed by atoms with E-state index in [0.717, 1.165) is 23.2 Å². The first-order valence-corrected chi connectivity index (χ1v) is 7.32. The van der Waals surface area contributed by atoms with Crippen LogP contribution in [0.3, 0.4) is 0 Å². The molecule has 0 heteroatoms. The summed E-state index contributed by atoms with van der Waals surface area (Å²) >= 11 is 0. The van der Waals surface area contributed by atoms with Crippen molar-refractivity contribution in [2.24, 2.45) is 23.2 Å². The first-order chi connectivity index (χ1) is 7.32. The van der Waals surface area contributed by atoms with Crippen molar-refractivity contribution in [3.63, 3.8) is 0 Å². The van der Waals surface area contributed by atoms with Crippen LogP contribution in [0.15, 0.2) is 0 Å². The Morgan fingerprint density at radius 3 is 1.67 bits per heavy atom. The van der Waals surface area contributed by atoms with Crippen LogP contribution in [-0.2, 0) is 0 Å². The molecule has 86 valence electrons. The van der Waals surface area contributed by atoms with Crippen molar-refractivity contribution in [1.82, 2.24) is 0 Å². The van der Waals surface area contributed by atoms with Gasteiger partial charge in [-0.25, -0.2) is 0 Å². The average molecular weight is 206 g/mol. The van der Waals surface area contributed by atoms with E-state index in [4.69, 9.17) is 0 Å². The zero-order valence-corrected chi connectivity index (χ0v) is 10.3. The highest BCUT2D eigenvalue weighted by Crippen LogP contribution is 2.61. The molecule has 0 nitrogen and oxygen atoms in total. The lowest BCUT2D eigenvalue weighted by Gasteiger charge is -2.48. The van der Waals surface area contributed by atoms with Crippen LogP contribution in [-0.4, -0.2) is 0 Å². The minimum absolute atomic E-state index is 0.776. The molecule has 3 rings (SSSR count). The predicted molar refractivity (Wildman–Crippen MR) is 64.7 cm³/mol. The Balaban J connectivity index is 1.81. The SMILES string of the molecule is CC1(C2CCCCC2)[C@@H]2CCC[C@@H]1CC2. The van der Waals surface area contributed by atoms with Crippen molar-refractivity contribution in [3.8, 4) is 0 Å². The van der Waals surface area contributed by atoms with Crippen LogP contribution in [0, 0.1) is 23.2 Å². The van der Waals surface area contributed by atoms with E-state index < -0.39 is 0 Å². The molecule has 0 N–H and O–H groups in total. The molecule has 0 spiro atoms. The molecular weight excluding hydrogens is 180 g/mol. The molecule has 3 fully saturated rings. The summed E-state index contributed by atoms with van der Waals surface area (Å²) in [4.78, 5) is 0. The highest BCUT2D eigenvalue weighted by atomic mass is 14.6. The van der Waals surface area contributed by atoms with Gasteiger partial charge in [0.05, 0.1) is 0 Å². The second-order valence-electron chi connectivity index (χ2n) is 6.60. The maximum absolute atomic E-state index is 2.67. The lowest BCUT2D eigenvalue weighted by molar-refractivity contribution is 0.0110. The Morgan fingerprint density at radius 1 is 0.600 bits per heavy atom. The summed E-state index contributed by atoms with van der Waals surface area (Å²) in [6, 6.07) is 0. The third kappa shape index (κ3) is 1.47. The Hall–Kier alpha value is 0. The molecule has 3 saturated carbocycles. The Labute approximate surface area is 94.8 Å². The molecule has 0 saturated heterocycles. The van der Waals surface area contributed by atoms with Gasteiger partial charge in [0.2, 0.25) is 0 Å². The summed E-state index contributed by atoms with van der Waals surface area (Å²) < 4.78 is 0. The van der Waals surface area contributed by atoms with Gasteiger partial charge in [-0.3, -0.25) is 0 Å². The van der Waals surface area contributed by atoms with Crippen molar-refractivity contribution in [2.75, 3.05) is 0 Å². The van der Waals surface area contributed by atoms with Gasteiger partial charge in [0.25, 0.3) is 0 Å². The van der Waals surface area contributed by atoms with Crippen LogP contribution in [0.2, 0.25) is 0 Å². The molecule has 0 aromatic heterocycles. The number of hydrogen-bond donors (Lipinski definition) is 0. The molecular formula is C15H26. The monoisotopic (exact) mass is 206 g/mol. The van der Waals surface area contributed by atoms with E-state index in [0.29, 0.717) is 0 Å². The summed E-state index contributed by atoms with van der Waals surface area (Å²) in [5, 5.41) is 0. The van der Waals surface area contributed by atoms with Crippen molar-refractivity contribution in [2.45, 2.75) is 71.1 Å². The quantitative estimate of drug-likeness (QED) is 0.579. The van der Waals surface area contributed by atoms with Crippen molar-refractivity contribution < 1.29 is 0 Å². The fourth-order valence-corrected chi connectivity index (χ4v) is 5.27. The Morgan fingerprint density at radius 2 is 1.07 bits per heavy atom. The maximum Gasteiger partial charge on any atom is -0.0241 e. The van der Waals surface area contributed by atoms with E-state index in [-0.39, 0.29) is 0 Å². The maximum atomic E-state index is 2.67. The van der Waals surface area contributed by atoms with Gasteiger partial charge in [0, 0.05) is 0 Å². The number of fused-ring (bicyclic) bond motifs is 2.